The Labute approximate surface area is 126 Å². The molecule has 0 atom stereocenters. The second-order valence-electron chi connectivity index (χ2n) is 4.80. The molecule has 4 nitrogen and oxygen atoms in total. The maximum absolute atomic E-state index is 11.2. The van der Waals surface area contributed by atoms with Gasteiger partial charge in [0.2, 0.25) is 5.95 Å². The Morgan fingerprint density at radius 2 is 1.55 bits per heavy atom. The van der Waals surface area contributed by atoms with Gasteiger partial charge >= 0.3 is 0 Å². The van der Waals surface area contributed by atoms with E-state index in [1.807, 2.05) is 36.7 Å². The van der Waals surface area contributed by atoms with Crippen LogP contribution in [0.15, 0.2) is 41.1 Å². The summed E-state index contributed by atoms with van der Waals surface area (Å²) in [7, 11) is 0. The van der Waals surface area contributed by atoms with Crippen LogP contribution in [0.4, 0.5) is 5.95 Å². The van der Waals surface area contributed by atoms with E-state index >= 15 is 0 Å². The maximum Gasteiger partial charge on any atom is 0.225 e. The van der Waals surface area contributed by atoms with Gasteiger partial charge < -0.3 is 4.90 Å². The molecule has 5 heteroatoms. The Balaban J connectivity index is 1.77. The number of aromatic nitrogens is 2. The maximum atomic E-state index is 11.2. The Hall–Kier alpha value is -1.75. The van der Waals surface area contributed by atoms with Gasteiger partial charge in [-0.05, 0) is 17.7 Å². The highest BCUT2D eigenvalue weighted by molar-refractivity contribution is 9.10. The standard InChI is InChI=1S/C15H14BrN3O/c16-13-3-1-11(2-4-13)12-9-17-15(18-10-12)19-7-5-14(20)6-8-19/h1-4,9-10H,5-8H2. The lowest BCUT2D eigenvalue weighted by atomic mass is 10.1. The van der Waals surface area contributed by atoms with E-state index in [0.29, 0.717) is 24.6 Å². The van der Waals surface area contributed by atoms with Crippen LogP contribution in [0.1, 0.15) is 12.8 Å². The van der Waals surface area contributed by atoms with Crippen molar-refractivity contribution >= 4 is 27.7 Å². The van der Waals surface area contributed by atoms with Crippen molar-refractivity contribution in [2.75, 3.05) is 18.0 Å². The quantitative estimate of drug-likeness (QED) is 0.848. The summed E-state index contributed by atoms with van der Waals surface area (Å²) in [6.07, 6.45) is 4.86. The SMILES string of the molecule is O=C1CCN(c2ncc(-c3ccc(Br)cc3)cn2)CC1. The van der Waals surface area contributed by atoms with E-state index in [2.05, 4.69) is 30.8 Å². The van der Waals surface area contributed by atoms with Crippen molar-refractivity contribution in [1.29, 1.82) is 0 Å². The molecule has 1 fully saturated rings. The number of halogens is 1. The van der Waals surface area contributed by atoms with E-state index in [0.717, 1.165) is 28.7 Å². The van der Waals surface area contributed by atoms with Crippen LogP contribution >= 0.6 is 15.9 Å². The molecule has 1 aromatic heterocycles. The van der Waals surface area contributed by atoms with Crippen molar-refractivity contribution in [2.45, 2.75) is 12.8 Å². The van der Waals surface area contributed by atoms with Gasteiger partial charge in [0.15, 0.2) is 0 Å². The summed E-state index contributed by atoms with van der Waals surface area (Å²) >= 11 is 3.42. The highest BCUT2D eigenvalue weighted by Gasteiger charge is 2.18. The van der Waals surface area contributed by atoms with Gasteiger partial charge in [-0.3, -0.25) is 4.79 Å². The lowest BCUT2D eigenvalue weighted by Gasteiger charge is -2.25. The lowest BCUT2D eigenvalue weighted by Crippen LogP contribution is -2.34. The fourth-order valence-corrected chi connectivity index (χ4v) is 2.50. The van der Waals surface area contributed by atoms with Crippen LogP contribution in [0.3, 0.4) is 0 Å². The summed E-state index contributed by atoms with van der Waals surface area (Å²) in [6, 6.07) is 8.06. The topological polar surface area (TPSA) is 46.1 Å². The number of Topliss-reactive ketones (excluding diaryl/α,β-unsaturated/α-hetero) is 1. The van der Waals surface area contributed by atoms with Gasteiger partial charge in [-0.15, -0.1) is 0 Å². The highest BCUT2D eigenvalue weighted by atomic mass is 79.9. The van der Waals surface area contributed by atoms with Crippen molar-refractivity contribution < 1.29 is 4.79 Å². The number of carbonyl (C=O) groups is 1. The molecule has 1 aliphatic rings. The molecule has 0 spiro atoms. The number of carbonyl (C=O) groups excluding carboxylic acids is 1. The zero-order chi connectivity index (χ0) is 13.9. The summed E-state index contributed by atoms with van der Waals surface area (Å²) in [5.74, 6) is 1.03. The smallest absolute Gasteiger partial charge is 0.225 e. The van der Waals surface area contributed by atoms with E-state index in [1.165, 1.54) is 0 Å². The van der Waals surface area contributed by atoms with E-state index in [9.17, 15) is 4.79 Å². The Morgan fingerprint density at radius 1 is 0.950 bits per heavy atom. The molecule has 1 saturated heterocycles. The number of hydrogen-bond acceptors (Lipinski definition) is 4. The van der Waals surface area contributed by atoms with Gasteiger partial charge in [-0.1, -0.05) is 28.1 Å². The van der Waals surface area contributed by atoms with Crippen LogP contribution in [-0.4, -0.2) is 28.8 Å². The number of ketones is 1. The summed E-state index contributed by atoms with van der Waals surface area (Å²) < 4.78 is 1.05. The predicted octanol–water partition coefficient (Wildman–Crippen LogP) is 3.08. The fourth-order valence-electron chi connectivity index (χ4n) is 2.23. The van der Waals surface area contributed by atoms with E-state index in [4.69, 9.17) is 0 Å². The van der Waals surface area contributed by atoms with Crippen LogP contribution < -0.4 is 4.90 Å². The lowest BCUT2D eigenvalue weighted by molar-refractivity contribution is -0.119. The molecule has 1 aromatic carbocycles. The van der Waals surface area contributed by atoms with Gasteiger partial charge in [0, 0.05) is 48.4 Å². The third-order valence-corrected chi connectivity index (χ3v) is 3.95. The number of nitrogens with zero attached hydrogens (tertiary/aromatic N) is 3. The molecule has 0 amide bonds. The minimum Gasteiger partial charge on any atom is -0.340 e. The molecule has 102 valence electrons. The zero-order valence-corrected chi connectivity index (χ0v) is 12.5. The van der Waals surface area contributed by atoms with Crippen LogP contribution in [0.2, 0.25) is 0 Å². The molecule has 2 aromatic rings. The molecular formula is C15H14BrN3O. The Morgan fingerprint density at radius 3 is 2.15 bits per heavy atom. The minimum absolute atomic E-state index is 0.327. The molecular weight excluding hydrogens is 318 g/mol. The number of benzene rings is 1. The number of hydrogen-bond donors (Lipinski definition) is 0. The Bertz CT molecular complexity index is 600. The molecule has 0 bridgehead atoms. The van der Waals surface area contributed by atoms with Crippen molar-refractivity contribution in [2.24, 2.45) is 0 Å². The van der Waals surface area contributed by atoms with Crippen LogP contribution in [0.25, 0.3) is 11.1 Å². The van der Waals surface area contributed by atoms with Gasteiger partial charge in [0.1, 0.15) is 5.78 Å². The summed E-state index contributed by atoms with van der Waals surface area (Å²) in [6.45, 7) is 1.44. The zero-order valence-electron chi connectivity index (χ0n) is 10.9. The van der Waals surface area contributed by atoms with Gasteiger partial charge in [0.05, 0.1) is 0 Å². The fraction of sp³-hybridized carbons (Fsp3) is 0.267. The third-order valence-electron chi connectivity index (χ3n) is 3.42. The first-order valence-corrected chi connectivity index (χ1v) is 7.36. The van der Waals surface area contributed by atoms with Crippen molar-refractivity contribution in [1.82, 2.24) is 9.97 Å². The Kier molecular flexibility index (Phi) is 3.78. The largest absolute Gasteiger partial charge is 0.340 e. The summed E-state index contributed by atoms with van der Waals surface area (Å²) in [5.41, 5.74) is 2.09. The molecule has 0 unspecified atom stereocenters. The second-order valence-corrected chi connectivity index (χ2v) is 5.72. The van der Waals surface area contributed by atoms with Gasteiger partial charge in [-0.25, -0.2) is 9.97 Å². The first-order chi connectivity index (χ1) is 9.72. The monoisotopic (exact) mass is 331 g/mol. The van der Waals surface area contributed by atoms with Crippen LogP contribution in [0, 0.1) is 0 Å². The van der Waals surface area contributed by atoms with E-state index in [-0.39, 0.29) is 0 Å². The molecule has 3 rings (SSSR count). The highest BCUT2D eigenvalue weighted by Crippen LogP contribution is 2.22. The first kappa shape index (κ1) is 13.2. The molecule has 1 aliphatic heterocycles. The van der Waals surface area contributed by atoms with E-state index < -0.39 is 0 Å². The summed E-state index contributed by atoms with van der Waals surface area (Å²) in [4.78, 5) is 22.1. The van der Waals surface area contributed by atoms with Crippen molar-refractivity contribution in [3.63, 3.8) is 0 Å². The first-order valence-electron chi connectivity index (χ1n) is 6.57. The molecule has 2 heterocycles. The number of rotatable bonds is 2. The van der Waals surface area contributed by atoms with Crippen molar-refractivity contribution in [3.8, 4) is 11.1 Å². The normalized spacial score (nSPS) is 15.4. The predicted molar refractivity (Wildman–Crippen MR) is 81.6 cm³/mol. The van der Waals surface area contributed by atoms with Gasteiger partial charge in [0.25, 0.3) is 0 Å². The van der Waals surface area contributed by atoms with Crippen molar-refractivity contribution in [3.05, 3.63) is 41.1 Å². The molecule has 0 radical (unpaired) electrons. The van der Waals surface area contributed by atoms with Crippen LogP contribution in [-0.2, 0) is 4.79 Å². The van der Waals surface area contributed by atoms with E-state index in [1.54, 1.807) is 0 Å². The molecule has 0 aliphatic carbocycles. The van der Waals surface area contributed by atoms with Gasteiger partial charge in [-0.2, -0.15) is 0 Å². The minimum atomic E-state index is 0.327. The second kappa shape index (κ2) is 5.71. The average molecular weight is 332 g/mol. The molecule has 0 saturated carbocycles. The molecule has 20 heavy (non-hydrogen) atoms. The van der Waals surface area contributed by atoms with Crippen LogP contribution in [0.5, 0.6) is 0 Å². The third kappa shape index (κ3) is 2.88. The number of anilines is 1. The summed E-state index contributed by atoms with van der Waals surface area (Å²) in [5, 5.41) is 0. The average Bonchev–Trinajstić information content (AvgIpc) is 2.49. The molecule has 0 N–H and O–H groups in total. The number of piperidine rings is 1.